The second kappa shape index (κ2) is 9.73. The Bertz CT molecular complexity index is 1360. The van der Waals surface area contributed by atoms with Gasteiger partial charge in [-0.25, -0.2) is 0 Å². The second-order valence-corrected chi connectivity index (χ2v) is 11.3. The first-order valence-electron chi connectivity index (χ1n) is 12.7. The third-order valence-electron chi connectivity index (χ3n) is 7.71. The summed E-state index contributed by atoms with van der Waals surface area (Å²) in [7, 11) is 2.97. The number of rotatable bonds is 7. The molecular weight excluding hydrogens is 466 g/mol. The molecular formula is C31H37NO5. The lowest BCUT2D eigenvalue weighted by Crippen LogP contribution is -2.34. The normalized spacial score (nSPS) is 15.6. The number of hydrogen-bond acceptors (Lipinski definition) is 5. The van der Waals surface area contributed by atoms with Gasteiger partial charge in [-0.05, 0) is 78.0 Å². The summed E-state index contributed by atoms with van der Waals surface area (Å²) in [4.78, 5) is 25.1. The number of ether oxygens (including phenoxy) is 2. The van der Waals surface area contributed by atoms with E-state index in [4.69, 9.17) is 13.9 Å². The molecule has 0 spiro atoms. The Morgan fingerprint density at radius 1 is 0.919 bits per heavy atom. The van der Waals surface area contributed by atoms with E-state index >= 15 is 0 Å². The molecule has 1 aliphatic carbocycles. The van der Waals surface area contributed by atoms with Crippen LogP contribution in [0.15, 0.2) is 40.8 Å². The van der Waals surface area contributed by atoms with Gasteiger partial charge in [-0.1, -0.05) is 39.8 Å². The minimum atomic E-state index is -0.422. The maximum Gasteiger partial charge on any atom is 0.291 e. The Balaban J connectivity index is 1.58. The number of hydrogen-bond donors (Lipinski definition) is 1. The maximum absolute atomic E-state index is 13.0. The highest BCUT2D eigenvalue weighted by molar-refractivity contribution is 6.05. The molecule has 0 atom stereocenters. The molecule has 0 radical (unpaired) electrons. The molecule has 37 heavy (non-hydrogen) atoms. The van der Waals surface area contributed by atoms with Gasteiger partial charge < -0.3 is 19.2 Å². The maximum atomic E-state index is 13.0. The molecule has 0 saturated heterocycles. The fourth-order valence-corrected chi connectivity index (χ4v) is 5.20. The first-order valence-corrected chi connectivity index (χ1v) is 12.7. The molecule has 0 fully saturated rings. The van der Waals surface area contributed by atoms with Gasteiger partial charge in [0.05, 0.1) is 25.5 Å². The number of aryl methyl sites for hydroxylation is 1. The molecule has 3 aromatic rings. The van der Waals surface area contributed by atoms with Crippen molar-refractivity contribution in [3.8, 4) is 11.5 Å². The second-order valence-electron chi connectivity index (χ2n) is 11.3. The average molecular weight is 504 g/mol. The van der Waals surface area contributed by atoms with Gasteiger partial charge in [-0.15, -0.1) is 0 Å². The summed E-state index contributed by atoms with van der Waals surface area (Å²) in [6.45, 7) is 12.9. The number of carbonyl (C=O) groups is 2. The predicted molar refractivity (Wildman–Crippen MR) is 145 cm³/mol. The fraction of sp³-hybridized carbons (Fsp3) is 0.419. The van der Waals surface area contributed by atoms with Gasteiger partial charge in [-0.2, -0.15) is 0 Å². The number of carbonyl (C=O) groups excluding carboxylic acids is 2. The third kappa shape index (κ3) is 5.15. The Labute approximate surface area is 219 Å². The summed E-state index contributed by atoms with van der Waals surface area (Å²) >= 11 is 0. The average Bonchev–Trinajstić information content (AvgIpc) is 3.31. The van der Waals surface area contributed by atoms with Gasteiger partial charge in [0, 0.05) is 12.5 Å². The molecule has 0 unspecified atom stereocenters. The molecule has 6 nitrogen and oxygen atoms in total. The van der Waals surface area contributed by atoms with Crippen molar-refractivity contribution < 1.29 is 23.5 Å². The number of benzene rings is 2. The minimum absolute atomic E-state index is 0.123. The fourth-order valence-electron chi connectivity index (χ4n) is 5.20. The van der Waals surface area contributed by atoms with Crippen LogP contribution < -0.4 is 14.8 Å². The van der Waals surface area contributed by atoms with Crippen molar-refractivity contribution in [1.29, 1.82) is 0 Å². The molecule has 2 aromatic carbocycles. The van der Waals surface area contributed by atoms with E-state index in [0.29, 0.717) is 34.9 Å². The summed E-state index contributed by atoms with van der Waals surface area (Å²) in [6.07, 6.45) is 2.93. The van der Waals surface area contributed by atoms with E-state index in [-0.39, 0.29) is 22.4 Å². The third-order valence-corrected chi connectivity index (χ3v) is 7.71. The number of nitrogens with one attached hydrogen (secondary N) is 1. The molecule has 6 heteroatoms. The van der Waals surface area contributed by atoms with Crippen LogP contribution in [0.5, 0.6) is 11.5 Å². The quantitative estimate of drug-likeness (QED) is 0.351. The van der Waals surface area contributed by atoms with Crippen molar-refractivity contribution in [3.63, 3.8) is 0 Å². The molecule has 0 saturated carbocycles. The van der Waals surface area contributed by atoms with E-state index in [1.165, 1.54) is 49.8 Å². The lowest BCUT2D eigenvalue weighted by Gasteiger charge is -2.42. The highest BCUT2D eigenvalue weighted by Crippen LogP contribution is 2.46. The zero-order valence-corrected chi connectivity index (χ0v) is 23.1. The van der Waals surface area contributed by atoms with Crippen LogP contribution in [0.2, 0.25) is 0 Å². The molecule has 1 aliphatic rings. The largest absolute Gasteiger partial charge is 0.496 e. The first-order chi connectivity index (χ1) is 17.4. The monoisotopic (exact) mass is 503 g/mol. The van der Waals surface area contributed by atoms with Crippen LogP contribution in [0.1, 0.15) is 96.4 Å². The van der Waals surface area contributed by atoms with Crippen LogP contribution >= 0.6 is 0 Å². The molecule has 1 amide bonds. The van der Waals surface area contributed by atoms with E-state index in [9.17, 15) is 9.59 Å². The zero-order valence-electron chi connectivity index (χ0n) is 23.1. The van der Waals surface area contributed by atoms with E-state index < -0.39 is 5.91 Å². The summed E-state index contributed by atoms with van der Waals surface area (Å²) < 4.78 is 16.7. The van der Waals surface area contributed by atoms with E-state index in [2.05, 4.69) is 52.1 Å². The van der Waals surface area contributed by atoms with Crippen molar-refractivity contribution in [2.24, 2.45) is 0 Å². The lowest BCUT2D eigenvalue weighted by molar-refractivity contribution is 0.0989. The number of furan rings is 1. The summed E-state index contributed by atoms with van der Waals surface area (Å²) in [5.41, 5.74) is 6.27. The number of Topliss-reactive ketones (excluding diaryl/α,β-unsaturated/α-hetero) is 1. The molecule has 0 aliphatic heterocycles. The van der Waals surface area contributed by atoms with Crippen molar-refractivity contribution in [2.75, 3.05) is 19.5 Å². The first kappa shape index (κ1) is 26.5. The molecule has 4 rings (SSSR count). The molecule has 1 aromatic heterocycles. The summed E-state index contributed by atoms with van der Waals surface area (Å²) in [5.74, 6) is 1.07. The van der Waals surface area contributed by atoms with Crippen LogP contribution in [0.3, 0.4) is 0 Å². The Morgan fingerprint density at radius 2 is 1.54 bits per heavy atom. The van der Waals surface area contributed by atoms with Crippen LogP contribution in [0.25, 0.3) is 0 Å². The van der Waals surface area contributed by atoms with E-state index in [0.717, 1.165) is 6.42 Å². The van der Waals surface area contributed by atoms with Crippen molar-refractivity contribution in [3.05, 3.63) is 75.7 Å². The Kier molecular flexibility index (Phi) is 6.97. The van der Waals surface area contributed by atoms with Gasteiger partial charge in [-0.3, -0.25) is 9.59 Å². The van der Waals surface area contributed by atoms with E-state index in [1.54, 1.807) is 18.2 Å². The van der Waals surface area contributed by atoms with Crippen molar-refractivity contribution >= 4 is 17.4 Å². The lowest BCUT2D eigenvalue weighted by atomic mass is 9.62. The number of methoxy groups -OCH3 is 2. The number of ketones is 1. The molecule has 0 bridgehead atoms. The van der Waals surface area contributed by atoms with Gasteiger partial charge in [0.15, 0.2) is 11.5 Å². The number of amides is 1. The van der Waals surface area contributed by atoms with Gasteiger partial charge >= 0.3 is 0 Å². The van der Waals surface area contributed by atoms with Gasteiger partial charge in [0.25, 0.3) is 5.91 Å². The van der Waals surface area contributed by atoms with Gasteiger partial charge in [0.2, 0.25) is 0 Å². The van der Waals surface area contributed by atoms with Crippen LogP contribution in [0, 0.1) is 6.92 Å². The summed E-state index contributed by atoms with van der Waals surface area (Å²) in [5, 5.41) is 2.81. The molecule has 196 valence electrons. The molecule has 1 heterocycles. The predicted octanol–water partition coefficient (Wildman–Crippen LogP) is 7.00. The summed E-state index contributed by atoms with van der Waals surface area (Å²) in [6, 6.07) is 11.3. The molecule has 1 N–H and O–H groups in total. The minimum Gasteiger partial charge on any atom is -0.496 e. The topological polar surface area (TPSA) is 77.8 Å². The SMILES string of the molecule is COc1cc(OC)c(C(C)=O)cc1NC(=O)c1ccc(Cc2cc3c(cc2C)C(C)(C)CCC3(C)C)o1. The van der Waals surface area contributed by atoms with Gasteiger partial charge in [0.1, 0.15) is 17.3 Å². The highest BCUT2D eigenvalue weighted by atomic mass is 16.5. The van der Waals surface area contributed by atoms with Crippen molar-refractivity contribution in [2.45, 2.75) is 71.6 Å². The standard InChI is InChI=1S/C31H37NO5/c1-18-13-23-24(31(5,6)12-11-30(23,3)4)15-20(18)14-21-9-10-26(37-21)29(34)32-25-16-22(19(2)33)27(35-7)17-28(25)36-8/h9-10,13,15-17H,11-12,14H2,1-8H3,(H,32,34). The Hall–Kier alpha value is -3.54. The van der Waals surface area contributed by atoms with Crippen molar-refractivity contribution in [1.82, 2.24) is 0 Å². The number of anilines is 1. The van der Waals surface area contributed by atoms with Crippen LogP contribution in [-0.4, -0.2) is 25.9 Å². The zero-order chi connectivity index (χ0) is 27.1. The van der Waals surface area contributed by atoms with Crippen LogP contribution in [-0.2, 0) is 17.3 Å². The van der Waals surface area contributed by atoms with Crippen LogP contribution in [0.4, 0.5) is 5.69 Å². The smallest absolute Gasteiger partial charge is 0.291 e. The van der Waals surface area contributed by atoms with E-state index in [1.807, 2.05) is 6.07 Å². The highest BCUT2D eigenvalue weighted by Gasteiger charge is 2.37. The number of fused-ring (bicyclic) bond motifs is 1. The Morgan fingerprint density at radius 3 is 2.14 bits per heavy atom.